The van der Waals surface area contributed by atoms with Crippen LogP contribution in [0.4, 0.5) is 5.69 Å². The van der Waals surface area contributed by atoms with E-state index in [2.05, 4.69) is 15.3 Å². The van der Waals surface area contributed by atoms with Gasteiger partial charge in [-0.15, -0.1) is 0 Å². The van der Waals surface area contributed by atoms with Crippen molar-refractivity contribution in [2.45, 2.75) is 37.5 Å². The molecule has 0 aliphatic heterocycles. The summed E-state index contributed by atoms with van der Waals surface area (Å²) in [4.78, 5) is 20.7. The van der Waals surface area contributed by atoms with Gasteiger partial charge in [0.1, 0.15) is 17.1 Å². The van der Waals surface area contributed by atoms with Crippen molar-refractivity contribution in [1.29, 1.82) is 0 Å². The molecule has 23 heavy (non-hydrogen) atoms. The third-order valence-electron chi connectivity index (χ3n) is 3.14. The van der Waals surface area contributed by atoms with Crippen LogP contribution >= 0.6 is 11.8 Å². The van der Waals surface area contributed by atoms with Gasteiger partial charge in [-0.05, 0) is 50.6 Å². The number of nitrogens with one attached hydrogen (secondary N) is 1. The summed E-state index contributed by atoms with van der Waals surface area (Å²) in [5.74, 6) is 0.765. The predicted molar refractivity (Wildman–Crippen MR) is 92.9 cm³/mol. The molecule has 6 heteroatoms. The normalized spacial score (nSPS) is 11.8. The van der Waals surface area contributed by atoms with Crippen LogP contribution in [0.3, 0.4) is 0 Å². The fourth-order valence-corrected chi connectivity index (χ4v) is 2.96. The molecule has 2 aromatic rings. The van der Waals surface area contributed by atoms with Crippen molar-refractivity contribution in [3.05, 3.63) is 42.4 Å². The standard InChI is InChI=1S/C17H21N3O2S/c1-4-15(23-16-10-12(3)18-11-19-16)17(21)20-13-6-8-14(9-7-13)22-5-2/h6-11,15H,4-5H2,1-3H3,(H,20,21). The van der Waals surface area contributed by atoms with E-state index >= 15 is 0 Å². The van der Waals surface area contributed by atoms with Gasteiger partial charge >= 0.3 is 0 Å². The molecular weight excluding hydrogens is 310 g/mol. The van der Waals surface area contributed by atoms with Gasteiger partial charge in [-0.3, -0.25) is 4.79 Å². The lowest BCUT2D eigenvalue weighted by molar-refractivity contribution is -0.115. The summed E-state index contributed by atoms with van der Waals surface area (Å²) < 4.78 is 5.39. The highest BCUT2D eigenvalue weighted by Gasteiger charge is 2.19. The summed E-state index contributed by atoms with van der Waals surface area (Å²) in [6, 6.07) is 9.27. The summed E-state index contributed by atoms with van der Waals surface area (Å²) in [6.45, 7) is 6.46. The number of benzene rings is 1. The van der Waals surface area contributed by atoms with E-state index in [1.165, 1.54) is 18.1 Å². The maximum atomic E-state index is 12.4. The van der Waals surface area contributed by atoms with Crippen LogP contribution in [-0.2, 0) is 4.79 Å². The Bertz CT molecular complexity index is 647. The quantitative estimate of drug-likeness (QED) is 0.619. The Hall–Kier alpha value is -2.08. The second kappa shape index (κ2) is 8.53. The minimum Gasteiger partial charge on any atom is -0.494 e. The molecule has 0 spiro atoms. The highest BCUT2D eigenvalue weighted by atomic mass is 32.2. The largest absolute Gasteiger partial charge is 0.494 e. The van der Waals surface area contributed by atoms with Crippen LogP contribution in [0.15, 0.2) is 41.7 Å². The van der Waals surface area contributed by atoms with Crippen LogP contribution in [-0.4, -0.2) is 27.7 Å². The molecule has 0 aliphatic carbocycles. The molecule has 1 N–H and O–H groups in total. The molecule has 1 amide bonds. The van der Waals surface area contributed by atoms with Crippen LogP contribution in [0, 0.1) is 6.92 Å². The van der Waals surface area contributed by atoms with Crippen LogP contribution in [0.5, 0.6) is 5.75 Å². The molecule has 0 bridgehead atoms. The number of thioether (sulfide) groups is 1. The predicted octanol–water partition coefficient (Wildman–Crippen LogP) is 3.69. The lowest BCUT2D eigenvalue weighted by Crippen LogP contribution is -2.24. The number of anilines is 1. The number of rotatable bonds is 7. The van der Waals surface area contributed by atoms with Gasteiger partial charge in [0, 0.05) is 11.4 Å². The third kappa shape index (κ3) is 5.25. The Morgan fingerprint density at radius 3 is 2.61 bits per heavy atom. The fourth-order valence-electron chi connectivity index (χ4n) is 1.99. The second-order valence-electron chi connectivity index (χ2n) is 4.96. The zero-order valence-electron chi connectivity index (χ0n) is 13.6. The van der Waals surface area contributed by atoms with Crippen LogP contribution < -0.4 is 10.1 Å². The van der Waals surface area contributed by atoms with Gasteiger partial charge in [0.25, 0.3) is 0 Å². The SMILES string of the molecule is CCOc1ccc(NC(=O)C(CC)Sc2cc(C)ncn2)cc1. The van der Waals surface area contributed by atoms with Gasteiger partial charge in [-0.25, -0.2) is 9.97 Å². The van der Waals surface area contributed by atoms with Crippen molar-refractivity contribution in [2.75, 3.05) is 11.9 Å². The van der Waals surface area contributed by atoms with Crippen molar-refractivity contribution in [2.24, 2.45) is 0 Å². The van der Waals surface area contributed by atoms with E-state index in [9.17, 15) is 4.79 Å². The molecule has 0 radical (unpaired) electrons. The maximum absolute atomic E-state index is 12.4. The first kappa shape index (κ1) is 17.3. The third-order valence-corrected chi connectivity index (χ3v) is 4.43. The average Bonchev–Trinajstić information content (AvgIpc) is 2.54. The number of hydrogen-bond acceptors (Lipinski definition) is 5. The zero-order valence-corrected chi connectivity index (χ0v) is 14.4. The first-order chi connectivity index (χ1) is 11.1. The summed E-state index contributed by atoms with van der Waals surface area (Å²) in [5, 5.41) is 3.55. The minimum atomic E-state index is -0.198. The molecule has 0 saturated heterocycles. The minimum absolute atomic E-state index is 0.0297. The molecule has 5 nitrogen and oxygen atoms in total. The number of hydrogen-bond donors (Lipinski definition) is 1. The molecule has 1 aromatic carbocycles. The molecule has 1 aromatic heterocycles. The van der Waals surface area contributed by atoms with Crippen LogP contribution in [0.25, 0.3) is 0 Å². The van der Waals surface area contributed by atoms with Crippen molar-refractivity contribution < 1.29 is 9.53 Å². The van der Waals surface area contributed by atoms with Gasteiger partial charge in [0.15, 0.2) is 0 Å². The number of nitrogens with zero attached hydrogens (tertiary/aromatic N) is 2. The molecule has 0 aliphatic rings. The van der Waals surface area contributed by atoms with Crippen molar-refractivity contribution in [1.82, 2.24) is 9.97 Å². The summed E-state index contributed by atoms with van der Waals surface area (Å²) in [7, 11) is 0. The number of ether oxygens (including phenoxy) is 1. The number of carbonyl (C=O) groups is 1. The maximum Gasteiger partial charge on any atom is 0.237 e. The number of aryl methyl sites for hydroxylation is 1. The average molecular weight is 331 g/mol. The van der Waals surface area contributed by atoms with E-state index in [0.29, 0.717) is 6.61 Å². The summed E-state index contributed by atoms with van der Waals surface area (Å²) >= 11 is 1.45. The van der Waals surface area contributed by atoms with Crippen LogP contribution in [0.2, 0.25) is 0 Å². The molecule has 2 rings (SSSR count). The van der Waals surface area contributed by atoms with Gasteiger partial charge in [-0.1, -0.05) is 18.7 Å². The first-order valence-electron chi connectivity index (χ1n) is 7.61. The number of carbonyl (C=O) groups excluding carboxylic acids is 1. The van der Waals surface area contributed by atoms with Gasteiger partial charge in [-0.2, -0.15) is 0 Å². The number of aromatic nitrogens is 2. The number of amides is 1. The van der Waals surface area contributed by atoms with E-state index in [-0.39, 0.29) is 11.2 Å². The monoisotopic (exact) mass is 331 g/mol. The Labute approximate surface area is 140 Å². The van der Waals surface area contributed by atoms with E-state index < -0.39 is 0 Å². The highest BCUT2D eigenvalue weighted by molar-refractivity contribution is 8.00. The fraction of sp³-hybridized carbons (Fsp3) is 0.353. The molecule has 1 atom stereocenters. The summed E-state index contributed by atoms with van der Waals surface area (Å²) in [6.07, 6.45) is 2.24. The van der Waals surface area contributed by atoms with Crippen LogP contribution in [0.1, 0.15) is 26.0 Å². The smallest absolute Gasteiger partial charge is 0.237 e. The zero-order chi connectivity index (χ0) is 16.7. The second-order valence-corrected chi connectivity index (χ2v) is 6.18. The molecule has 1 unspecified atom stereocenters. The molecule has 0 fully saturated rings. The lowest BCUT2D eigenvalue weighted by Gasteiger charge is -2.14. The van der Waals surface area contributed by atoms with Gasteiger partial charge in [0.05, 0.1) is 11.9 Å². The molecular formula is C17H21N3O2S. The van der Waals surface area contributed by atoms with Crippen molar-refractivity contribution >= 4 is 23.4 Å². The Kier molecular flexibility index (Phi) is 6.40. The van der Waals surface area contributed by atoms with Crippen molar-refractivity contribution in [3.8, 4) is 5.75 Å². The van der Waals surface area contributed by atoms with E-state index in [4.69, 9.17) is 4.74 Å². The van der Waals surface area contributed by atoms with E-state index in [1.54, 1.807) is 0 Å². The Balaban J connectivity index is 1.99. The molecule has 1 heterocycles. The first-order valence-corrected chi connectivity index (χ1v) is 8.49. The molecule has 122 valence electrons. The molecule has 0 saturated carbocycles. The van der Waals surface area contributed by atoms with E-state index in [1.807, 2.05) is 51.1 Å². The topological polar surface area (TPSA) is 64.1 Å². The van der Waals surface area contributed by atoms with Crippen molar-refractivity contribution in [3.63, 3.8) is 0 Å². The van der Waals surface area contributed by atoms with E-state index in [0.717, 1.165) is 28.6 Å². The Morgan fingerprint density at radius 1 is 1.26 bits per heavy atom. The highest BCUT2D eigenvalue weighted by Crippen LogP contribution is 2.25. The summed E-state index contributed by atoms with van der Waals surface area (Å²) in [5.41, 5.74) is 1.65. The van der Waals surface area contributed by atoms with Gasteiger partial charge < -0.3 is 10.1 Å². The lowest BCUT2D eigenvalue weighted by atomic mass is 10.2. The van der Waals surface area contributed by atoms with Gasteiger partial charge in [0.2, 0.25) is 5.91 Å². The Morgan fingerprint density at radius 2 is 2.00 bits per heavy atom.